The molecule has 20 heavy (non-hydrogen) atoms. The van der Waals surface area contributed by atoms with Crippen molar-refractivity contribution in [2.45, 2.75) is 19.9 Å². The van der Waals surface area contributed by atoms with Gasteiger partial charge in [0.25, 0.3) is 5.91 Å². The lowest BCUT2D eigenvalue weighted by atomic mass is 10.1. The molecule has 1 atom stereocenters. The number of hydrogen-bond donors (Lipinski definition) is 2. The van der Waals surface area contributed by atoms with E-state index in [1.807, 2.05) is 44.2 Å². The van der Waals surface area contributed by atoms with E-state index in [2.05, 4.69) is 21.2 Å². The van der Waals surface area contributed by atoms with E-state index < -0.39 is 0 Å². The summed E-state index contributed by atoms with van der Waals surface area (Å²) in [6.45, 7) is 3.86. The van der Waals surface area contributed by atoms with Crippen molar-refractivity contribution in [2.24, 2.45) is 0 Å². The van der Waals surface area contributed by atoms with Crippen LogP contribution < -0.4 is 11.1 Å². The van der Waals surface area contributed by atoms with E-state index in [0.29, 0.717) is 11.3 Å². The van der Waals surface area contributed by atoms with E-state index in [9.17, 15) is 4.79 Å². The molecule has 0 aliphatic rings. The van der Waals surface area contributed by atoms with E-state index in [1.54, 1.807) is 12.1 Å². The van der Waals surface area contributed by atoms with Crippen LogP contribution in [0.4, 0.5) is 5.69 Å². The van der Waals surface area contributed by atoms with Crippen LogP contribution in [0.2, 0.25) is 0 Å². The Balaban J connectivity index is 2.20. The van der Waals surface area contributed by atoms with Crippen LogP contribution in [0.15, 0.2) is 46.9 Å². The van der Waals surface area contributed by atoms with Gasteiger partial charge < -0.3 is 11.1 Å². The van der Waals surface area contributed by atoms with E-state index in [-0.39, 0.29) is 11.9 Å². The summed E-state index contributed by atoms with van der Waals surface area (Å²) in [6.07, 6.45) is 0. The summed E-state index contributed by atoms with van der Waals surface area (Å²) in [4.78, 5) is 12.3. The SMILES string of the molecule is Cc1ccc(N)cc1C(=O)NC(C)c1ccccc1Br. The Morgan fingerprint density at radius 3 is 2.65 bits per heavy atom. The van der Waals surface area contributed by atoms with E-state index >= 15 is 0 Å². The van der Waals surface area contributed by atoms with E-state index in [0.717, 1.165) is 15.6 Å². The fraction of sp³-hybridized carbons (Fsp3) is 0.188. The second kappa shape index (κ2) is 6.09. The van der Waals surface area contributed by atoms with Crippen molar-refractivity contribution >= 4 is 27.5 Å². The summed E-state index contributed by atoms with van der Waals surface area (Å²) < 4.78 is 0.983. The molecule has 4 heteroatoms. The lowest BCUT2D eigenvalue weighted by Crippen LogP contribution is -2.27. The maximum Gasteiger partial charge on any atom is 0.252 e. The van der Waals surface area contributed by atoms with Gasteiger partial charge in [0.2, 0.25) is 0 Å². The quantitative estimate of drug-likeness (QED) is 0.839. The highest BCUT2D eigenvalue weighted by Gasteiger charge is 2.15. The van der Waals surface area contributed by atoms with Gasteiger partial charge in [-0.15, -0.1) is 0 Å². The van der Waals surface area contributed by atoms with E-state index in [1.165, 1.54) is 0 Å². The summed E-state index contributed by atoms with van der Waals surface area (Å²) in [5, 5.41) is 3.00. The summed E-state index contributed by atoms with van der Waals surface area (Å²) >= 11 is 3.50. The molecule has 0 radical (unpaired) electrons. The zero-order chi connectivity index (χ0) is 14.7. The number of hydrogen-bond acceptors (Lipinski definition) is 2. The van der Waals surface area contributed by atoms with Crippen LogP contribution in [0.1, 0.15) is 34.5 Å². The summed E-state index contributed by atoms with van der Waals surface area (Å²) in [5.41, 5.74) is 8.91. The number of benzene rings is 2. The molecule has 1 amide bonds. The molecule has 0 saturated heterocycles. The molecule has 2 aromatic carbocycles. The Hall–Kier alpha value is -1.81. The molecule has 104 valence electrons. The predicted octanol–water partition coefficient (Wildman–Crippen LogP) is 3.83. The van der Waals surface area contributed by atoms with Crippen LogP contribution in [0.3, 0.4) is 0 Å². The number of rotatable bonds is 3. The molecule has 0 fully saturated rings. The molecule has 2 rings (SSSR count). The van der Waals surface area contributed by atoms with Crippen molar-refractivity contribution in [3.63, 3.8) is 0 Å². The van der Waals surface area contributed by atoms with Crippen LogP contribution in [0.5, 0.6) is 0 Å². The highest BCUT2D eigenvalue weighted by molar-refractivity contribution is 9.10. The molecule has 0 aromatic heterocycles. The van der Waals surface area contributed by atoms with Gasteiger partial charge >= 0.3 is 0 Å². The Bertz CT molecular complexity index is 640. The average Bonchev–Trinajstić information content (AvgIpc) is 2.41. The van der Waals surface area contributed by atoms with Gasteiger partial charge in [0.05, 0.1) is 6.04 Å². The summed E-state index contributed by atoms with van der Waals surface area (Å²) in [6, 6.07) is 13.1. The van der Waals surface area contributed by atoms with Gasteiger partial charge in [-0.1, -0.05) is 40.2 Å². The second-order valence-corrected chi connectivity index (χ2v) is 5.65. The van der Waals surface area contributed by atoms with Crippen LogP contribution in [0.25, 0.3) is 0 Å². The number of carbonyl (C=O) groups excluding carboxylic acids is 1. The van der Waals surface area contributed by atoms with Gasteiger partial charge in [-0.25, -0.2) is 0 Å². The average molecular weight is 333 g/mol. The minimum absolute atomic E-state index is 0.0843. The fourth-order valence-corrected chi connectivity index (χ4v) is 2.69. The first-order chi connectivity index (χ1) is 9.49. The second-order valence-electron chi connectivity index (χ2n) is 4.79. The Morgan fingerprint density at radius 2 is 1.95 bits per heavy atom. The highest BCUT2D eigenvalue weighted by atomic mass is 79.9. The Morgan fingerprint density at radius 1 is 1.25 bits per heavy atom. The third-order valence-corrected chi connectivity index (χ3v) is 3.95. The lowest BCUT2D eigenvalue weighted by Gasteiger charge is -2.17. The topological polar surface area (TPSA) is 55.1 Å². The standard InChI is InChI=1S/C16H17BrN2O/c1-10-7-8-12(18)9-14(10)16(20)19-11(2)13-5-3-4-6-15(13)17/h3-9,11H,18H2,1-2H3,(H,19,20). The van der Waals surface area contributed by atoms with Gasteiger partial charge in [0.1, 0.15) is 0 Å². The largest absolute Gasteiger partial charge is 0.399 e. The van der Waals surface area contributed by atoms with Crippen LogP contribution >= 0.6 is 15.9 Å². The third kappa shape index (κ3) is 3.20. The molecule has 1 unspecified atom stereocenters. The molecule has 0 aliphatic heterocycles. The van der Waals surface area contributed by atoms with Gasteiger partial charge in [0, 0.05) is 15.7 Å². The lowest BCUT2D eigenvalue weighted by molar-refractivity contribution is 0.0939. The molecular weight excluding hydrogens is 316 g/mol. The maximum absolute atomic E-state index is 12.3. The number of nitrogens with two attached hydrogens (primary N) is 1. The predicted molar refractivity (Wildman–Crippen MR) is 85.6 cm³/mol. The van der Waals surface area contributed by atoms with Crippen molar-refractivity contribution in [2.75, 3.05) is 5.73 Å². The third-order valence-electron chi connectivity index (χ3n) is 3.23. The van der Waals surface area contributed by atoms with Crippen molar-refractivity contribution < 1.29 is 4.79 Å². The minimum Gasteiger partial charge on any atom is -0.399 e. The number of amides is 1. The van der Waals surface area contributed by atoms with Crippen LogP contribution in [0, 0.1) is 6.92 Å². The smallest absolute Gasteiger partial charge is 0.252 e. The van der Waals surface area contributed by atoms with Crippen molar-refractivity contribution in [3.05, 3.63) is 63.6 Å². The fourth-order valence-electron chi connectivity index (χ4n) is 2.06. The first-order valence-corrected chi connectivity index (χ1v) is 7.19. The minimum atomic E-state index is -0.113. The van der Waals surface area contributed by atoms with Crippen LogP contribution in [-0.4, -0.2) is 5.91 Å². The van der Waals surface area contributed by atoms with Gasteiger partial charge in [-0.2, -0.15) is 0 Å². The van der Waals surface area contributed by atoms with E-state index in [4.69, 9.17) is 5.73 Å². The molecule has 0 aliphatic carbocycles. The molecule has 2 aromatic rings. The number of nitrogen functional groups attached to an aromatic ring is 1. The highest BCUT2D eigenvalue weighted by Crippen LogP contribution is 2.23. The van der Waals surface area contributed by atoms with Crippen molar-refractivity contribution in [1.82, 2.24) is 5.32 Å². The molecule has 0 heterocycles. The number of anilines is 1. The number of halogens is 1. The Labute approximate surface area is 127 Å². The van der Waals surface area contributed by atoms with Crippen LogP contribution in [-0.2, 0) is 0 Å². The van der Waals surface area contributed by atoms with Crippen molar-refractivity contribution in [1.29, 1.82) is 0 Å². The Kier molecular flexibility index (Phi) is 4.45. The number of carbonyl (C=O) groups is 1. The zero-order valence-corrected chi connectivity index (χ0v) is 13.1. The molecule has 3 N–H and O–H groups in total. The van der Waals surface area contributed by atoms with Gasteiger partial charge in [-0.3, -0.25) is 4.79 Å². The summed E-state index contributed by atoms with van der Waals surface area (Å²) in [5.74, 6) is -0.113. The molecule has 3 nitrogen and oxygen atoms in total. The summed E-state index contributed by atoms with van der Waals surface area (Å²) in [7, 11) is 0. The van der Waals surface area contributed by atoms with Gasteiger partial charge in [-0.05, 0) is 43.2 Å². The zero-order valence-electron chi connectivity index (χ0n) is 11.5. The normalized spacial score (nSPS) is 11.9. The van der Waals surface area contributed by atoms with Gasteiger partial charge in [0.15, 0.2) is 0 Å². The molecular formula is C16H17BrN2O. The molecule has 0 spiro atoms. The maximum atomic E-state index is 12.3. The first kappa shape index (κ1) is 14.6. The first-order valence-electron chi connectivity index (χ1n) is 6.40. The number of aryl methyl sites for hydroxylation is 1. The number of nitrogens with one attached hydrogen (secondary N) is 1. The van der Waals surface area contributed by atoms with Crippen molar-refractivity contribution in [3.8, 4) is 0 Å². The monoisotopic (exact) mass is 332 g/mol. The molecule has 0 saturated carbocycles. The molecule has 0 bridgehead atoms.